The molecule has 0 spiro atoms. The summed E-state index contributed by atoms with van der Waals surface area (Å²) in [6, 6.07) is 51.2. The van der Waals surface area contributed by atoms with Crippen LogP contribution >= 0.6 is 0 Å². The highest BCUT2D eigenvalue weighted by Crippen LogP contribution is 2.45. The zero-order valence-electron chi connectivity index (χ0n) is 21.6. The standard InChI is InChI=1S/C38H27N/c1-2-8-26(9-3-1)27-14-18-32(19-15-27)39(33-20-16-30-22-28-10-4-6-12-35(28)37(30)24-33)34-21-17-31-23-29-11-5-7-13-36(29)38(31)25-34/h1-21,24-25H,22-23H2. The molecule has 2 aliphatic rings. The first-order valence-electron chi connectivity index (χ1n) is 13.7. The molecule has 8 rings (SSSR count). The van der Waals surface area contributed by atoms with E-state index in [1.807, 2.05) is 0 Å². The Kier molecular flexibility index (Phi) is 5.03. The maximum Gasteiger partial charge on any atom is 0.0468 e. The summed E-state index contributed by atoms with van der Waals surface area (Å²) in [6.45, 7) is 0. The van der Waals surface area contributed by atoms with Crippen LogP contribution in [-0.4, -0.2) is 0 Å². The zero-order valence-corrected chi connectivity index (χ0v) is 21.6. The van der Waals surface area contributed by atoms with Gasteiger partial charge in [-0.1, -0.05) is 103 Å². The SMILES string of the molecule is c1ccc(-c2ccc(N(c3ccc4c(c3)-c3ccccc3C4)c3ccc4c(c3)-c3ccccc3C4)cc2)cc1. The molecule has 0 atom stereocenters. The van der Waals surface area contributed by atoms with E-state index < -0.39 is 0 Å². The van der Waals surface area contributed by atoms with Crippen LogP contribution in [0.3, 0.4) is 0 Å². The van der Waals surface area contributed by atoms with Crippen LogP contribution in [0.15, 0.2) is 140 Å². The van der Waals surface area contributed by atoms with Gasteiger partial charge in [0.15, 0.2) is 0 Å². The predicted molar refractivity (Wildman–Crippen MR) is 163 cm³/mol. The van der Waals surface area contributed by atoms with Gasteiger partial charge in [0.05, 0.1) is 0 Å². The summed E-state index contributed by atoms with van der Waals surface area (Å²) in [5, 5.41) is 0. The summed E-state index contributed by atoms with van der Waals surface area (Å²) >= 11 is 0. The van der Waals surface area contributed by atoms with Gasteiger partial charge in [-0.3, -0.25) is 0 Å². The molecule has 0 amide bonds. The molecule has 0 radical (unpaired) electrons. The van der Waals surface area contributed by atoms with E-state index in [4.69, 9.17) is 0 Å². The van der Waals surface area contributed by atoms with Crippen molar-refractivity contribution in [2.75, 3.05) is 4.90 Å². The Bertz CT molecular complexity index is 1750. The molecule has 0 saturated heterocycles. The van der Waals surface area contributed by atoms with E-state index in [0.717, 1.165) is 18.5 Å². The van der Waals surface area contributed by atoms with Gasteiger partial charge in [-0.15, -0.1) is 0 Å². The van der Waals surface area contributed by atoms with Crippen molar-refractivity contribution in [3.05, 3.63) is 162 Å². The van der Waals surface area contributed by atoms with Crippen LogP contribution in [0.25, 0.3) is 33.4 Å². The Labute approximate surface area is 229 Å². The molecule has 1 nitrogen and oxygen atoms in total. The van der Waals surface area contributed by atoms with Crippen molar-refractivity contribution in [3.63, 3.8) is 0 Å². The third-order valence-corrected chi connectivity index (χ3v) is 8.31. The largest absolute Gasteiger partial charge is 0.310 e. The number of hydrogen-bond donors (Lipinski definition) is 0. The minimum Gasteiger partial charge on any atom is -0.310 e. The first-order valence-corrected chi connectivity index (χ1v) is 13.7. The maximum absolute atomic E-state index is 2.41. The van der Waals surface area contributed by atoms with Crippen LogP contribution in [0.1, 0.15) is 22.3 Å². The van der Waals surface area contributed by atoms with Gasteiger partial charge in [0.2, 0.25) is 0 Å². The topological polar surface area (TPSA) is 3.24 Å². The van der Waals surface area contributed by atoms with Gasteiger partial charge in [-0.25, -0.2) is 0 Å². The molecule has 6 aromatic rings. The fourth-order valence-electron chi connectivity index (χ4n) is 6.38. The Morgan fingerprint density at radius 1 is 0.333 bits per heavy atom. The molecular weight excluding hydrogens is 470 g/mol. The Morgan fingerprint density at radius 2 is 0.769 bits per heavy atom. The van der Waals surface area contributed by atoms with E-state index >= 15 is 0 Å². The first-order chi connectivity index (χ1) is 19.3. The quantitative estimate of drug-likeness (QED) is 0.234. The highest BCUT2D eigenvalue weighted by atomic mass is 15.1. The maximum atomic E-state index is 2.41. The highest BCUT2D eigenvalue weighted by Gasteiger charge is 2.23. The molecule has 0 saturated carbocycles. The van der Waals surface area contributed by atoms with Gasteiger partial charge in [0.1, 0.15) is 0 Å². The lowest BCUT2D eigenvalue weighted by Crippen LogP contribution is -2.10. The van der Waals surface area contributed by atoms with Gasteiger partial charge in [-0.05, 0) is 105 Å². The van der Waals surface area contributed by atoms with E-state index in [1.165, 1.54) is 67.0 Å². The average Bonchev–Trinajstić information content (AvgIpc) is 3.56. The molecule has 0 N–H and O–H groups in total. The Hall–Kier alpha value is -4.88. The molecule has 6 aromatic carbocycles. The minimum absolute atomic E-state index is 1.01. The molecule has 39 heavy (non-hydrogen) atoms. The van der Waals surface area contributed by atoms with Crippen LogP contribution in [0.4, 0.5) is 17.1 Å². The number of fused-ring (bicyclic) bond motifs is 6. The molecule has 0 bridgehead atoms. The fraction of sp³-hybridized carbons (Fsp3) is 0.0526. The molecule has 0 heterocycles. The van der Waals surface area contributed by atoms with Crippen LogP contribution in [0, 0.1) is 0 Å². The van der Waals surface area contributed by atoms with Crippen LogP contribution in [0.2, 0.25) is 0 Å². The monoisotopic (exact) mass is 497 g/mol. The molecule has 0 fully saturated rings. The summed E-state index contributed by atoms with van der Waals surface area (Å²) in [6.07, 6.45) is 2.01. The van der Waals surface area contributed by atoms with Crippen molar-refractivity contribution in [2.24, 2.45) is 0 Å². The van der Waals surface area contributed by atoms with Crippen LogP contribution in [0.5, 0.6) is 0 Å². The lowest BCUT2D eigenvalue weighted by Gasteiger charge is -2.27. The van der Waals surface area contributed by atoms with Crippen molar-refractivity contribution in [1.82, 2.24) is 0 Å². The molecule has 2 aliphatic carbocycles. The van der Waals surface area contributed by atoms with Gasteiger partial charge < -0.3 is 4.90 Å². The lowest BCUT2D eigenvalue weighted by molar-refractivity contribution is 1.23. The molecule has 0 aliphatic heterocycles. The molecular formula is C38H27N. The van der Waals surface area contributed by atoms with E-state index in [9.17, 15) is 0 Å². The average molecular weight is 498 g/mol. The Morgan fingerprint density at radius 3 is 1.33 bits per heavy atom. The van der Waals surface area contributed by atoms with Gasteiger partial charge in [-0.2, -0.15) is 0 Å². The fourth-order valence-corrected chi connectivity index (χ4v) is 6.38. The molecule has 184 valence electrons. The van der Waals surface area contributed by atoms with Crippen LogP contribution < -0.4 is 4.90 Å². The van der Waals surface area contributed by atoms with Crippen molar-refractivity contribution in [2.45, 2.75) is 12.8 Å². The summed E-state index contributed by atoms with van der Waals surface area (Å²) in [4.78, 5) is 2.41. The van der Waals surface area contributed by atoms with Gasteiger partial charge in [0.25, 0.3) is 0 Å². The second-order valence-electron chi connectivity index (χ2n) is 10.6. The lowest BCUT2D eigenvalue weighted by atomic mass is 10.0. The predicted octanol–water partition coefficient (Wildman–Crippen LogP) is 9.97. The van der Waals surface area contributed by atoms with Crippen molar-refractivity contribution in [3.8, 4) is 33.4 Å². The summed E-state index contributed by atoms with van der Waals surface area (Å²) in [7, 11) is 0. The third-order valence-electron chi connectivity index (χ3n) is 8.31. The normalized spacial score (nSPS) is 12.4. The van der Waals surface area contributed by atoms with Crippen molar-refractivity contribution >= 4 is 17.1 Å². The van der Waals surface area contributed by atoms with E-state index in [2.05, 4.69) is 144 Å². The highest BCUT2D eigenvalue weighted by molar-refractivity contribution is 5.87. The zero-order chi connectivity index (χ0) is 25.8. The summed E-state index contributed by atoms with van der Waals surface area (Å²) in [5.74, 6) is 0. The van der Waals surface area contributed by atoms with Gasteiger partial charge >= 0.3 is 0 Å². The van der Waals surface area contributed by atoms with E-state index in [1.54, 1.807) is 0 Å². The van der Waals surface area contributed by atoms with Crippen molar-refractivity contribution < 1.29 is 0 Å². The summed E-state index contributed by atoms with van der Waals surface area (Å²) in [5.41, 5.74) is 17.0. The number of nitrogens with zero attached hydrogens (tertiary/aromatic N) is 1. The summed E-state index contributed by atoms with van der Waals surface area (Å²) < 4.78 is 0. The Balaban J connectivity index is 1.28. The van der Waals surface area contributed by atoms with Gasteiger partial charge in [0, 0.05) is 17.1 Å². The minimum atomic E-state index is 1.01. The number of benzene rings is 6. The van der Waals surface area contributed by atoms with E-state index in [-0.39, 0.29) is 0 Å². The first kappa shape index (κ1) is 22.1. The molecule has 0 aromatic heterocycles. The van der Waals surface area contributed by atoms with Crippen LogP contribution in [-0.2, 0) is 12.8 Å². The van der Waals surface area contributed by atoms with Crippen molar-refractivity contribution in [1.29, 1.82) is 0 Å². The molecule has 0 unspecified atom stereocenters. The number of rotatable bonds is 4. The smallest absolute Gasteiger partial charge is 0.0468 e. The number of anilines is 3. The van der Waals surface area contributed by atoms with E-state index in [0.29, 0.717) is 0 Å². The second-order valence-corrected chi connectivity index (χ2v) is 10.6. The number of hydrogen-bond acceptors (Lipinski definition) is 1. The second kappa shape index (κ2) is 8.85. The molecule has 1 heteroatoms. The third kappa shape index (κ3) is 3.70.